The number of non-ortho nitro benzene ring substituents is 1. The van der Waals surface area contributed by atoms with Gasteiger partial charge in [-0.25, -0.2) is 5.01 Å². The van der Waals surface area contributed by atoms with Crippen LogP contribution in [0.5, 0.6) is 5.75 Å². The lowest BCUT2D eigenvalue weighted by molar-refractivity contribution is -0.384. The molecule has 3 aromatic rings. The average molecular weight is 468 g/mol. The molecular weight excluding hydrogens is 450 g/mol. The molecule has 0 spiro atoms. The van der Waals surface area contributed by atoms with E-state index in [0.717, 1.165) is 45.0 Å². The van der Waals surface area contributed by atoms with Crippen molar-refractivity contribution in [3.8, 4) is 5.75 Å². The van der Waals surface area contributed by atoms with Gasteiger partial charge in [0.15, 0.2) is 0 Å². The summed E-state index contributed by atoms with van der Waals surface area (Å²) < 4.78 is 13.2. The van der Waals surface area contributed by atoms with Crippen molar-refractivity contribution in [1.29, 1.82) is 0 Å². The number of nitro benzene ring substituents is 1. The SMILES string of the molecule is CCc1ccc(C2=NN3[C@H](C2)c2cc(Br)ccc2O[C@H]3c2ccc([N+](=O)[O-])cc2)o1. The number of nitrogens with zero attached hydrogens (tertiary/aromatic N) is 3. The second kappa shape index (κ2) is 7.28. The van der Waals surface area contributed by atoms with Crippen LogP contribution in [0.25, 0.3) is 0 Å². The van der Waals surface area contributed by atoms with Crippen LogP contribution in [0.4, 0.5) is 5.69 Å². The van der Waals surface area contributed by atoms with Gasteiger partial charge in [-0.2, -0.15) is 5.10 Å². The summed E-state index contributed by atoms with van der Waals surface area (Å²) in [5, 5.41) is 17.8. The number of benzene rings is 2. The highest BCUT2D eigenvalue weighted by Crippen LogP contribution is 2.48. The highest BCUT2D eigenvalue weighted by atomic mass is 79.9. The van der Waals surface area contributed by atoms with Gasteiger partial charge in [0, 0.05) is 40.6 Å². The van der Waals surface area contributed by atoms with Crippen LogP contribution in [0.1, 0.15) is 48.3 Å². The summed E-state index contributed by atoms with van der Waals surface area (Å²) in [5.74, 6) is 2.47. The van der Waals surface area contributed by atoms with E-state index >= 15 is 0 Å². The largest absolute Gasteiger partial charge is 0.464 e. The molecule has 0 unspecified atom stereocenters. The van der Waals surface area contributed by atoms with E-state index in [-0.39, 0.29) is 11.7 Å². The van der Waals surface area contributed by atoms with E-state index in [1.807, 2.05) is 29.3 Å². The molecule has 2 aliphatic heterocycles. The van der Waals surface area contributed by atoms with Crippen molar-refractivity contribution in [2.24, 2.45) is 5.10 Å². The van der Waals surface area contributed by atoms with Crippen LogP contribution in [0.15, 0.2) is 68.6 Å². The van der Waals surface area contributed by atoms with Gasteiger partial charge in [0.1, 0.15) is 23.0 Å². The second-order valence-electron chi connectivity index (χ2n) is 7.27. The molecule has 30 heavy (non-hydrogen) atoms. The maximum Gasteiger partial charge on any atom is 0.269 e. The van der Waals surface area contributed by atoms with Crippen molar-refractivity contribution in [3.63, 3.8) is 0 Å². The van der Waals surface area contributed by atoms with Crippen molar-refractivity contribution >= 4 is 27.3 Å². The number of rotatable bonds is 4. The Morgan fingerprint density at radius 3 is 2.70 bits per heavy atom. The fraction of sp³-hybridized carbons (Fsp3) is 0.227. The van der Waals surface area contributed by atoms with Crippen LogP contribution in [-0.2, 0) is 6.42 Å². The lowest BCUT2D eigenvalue weighted by Crippen LogP contribution is -2.33. The molecule has 152 valence electrons. The standard InChI is InChI=1S/C22H18BrN3O4/c1-2-16-8-10-21(29-16)18-12-19-17-11-14(23)5-9-20(17)30-22(25(19)24-18)13-3-6-15(7-4-13)26(27)28/h3-11,19,22H,2,12H2,1H3/t19-,22+/m1/s1. The summed E-state index contributed by atoms with van der Waals surface area (Å²) in [7, 11) is 0. The average Bonchev–Trinajstić information content (AvgIpc) is 3.40. The Kier molecular flexibility index (Phi) is 4.58. The molecule has 5 rings (SSSR count). The first-order valence-electron chi connectivity index (χ1n) is 9.69. The zero-order chi connectivity index (χ0) is 20.8. The van der Waals surface area contributed by atoms with E-state index in [1.165, 1.54) is 12.1 Å². The smallest absolute Gasteiger partial charge is 0.269 e. The fourth-order valence-electron chi connectivity index (χ4n) is 3.91. The summed E-state index contributed by atoms with van der Waals surface area (Å²) in [6.45, 7) is 2.05. The second-order valence-corrected chi connectivity index (χ2v) is 8.18. The Balaban J connectivity index is 1.56. The molecule has 1 aromatic heterocycles. The van der Waals surface area contributed by atoms with Gasteiger partial charge in [0.05, 0.1) is 11.0 Å². The van der Waals surface area contributed by atoms with Crippen LogP contribution in [0.2, 0.25) is 0 Å². The molecule has 0 saturated carbocycles. The van der Waals surface area contributed by atoms with Crippen LogP contribution >= 0.6 is 15.9 Å². The minimum Gasteiger partial charge on any atom is -0.464 e. The molecule has 2 atom stereocenters. The Bertz CT molecular complexity index is 1160. The van der Waals surface area contributed by atoms with Gasteiger partial charge in [-0.15, -0.1) is 0 Å². The Hall–Kier alpha value is -3.13. The Morgan fingerprint density at radius 2 is 2.00 bits per heavy atom. The molecule has 8 heteroatoms. The summed E-state index contributed by atoms with van der Waals surface area (Å²) >= 11 is 3.55. The highest BCUT2D eigenvalue weighted by Gasteiger charge is 2.41. The quantitative estimate of drug-likeness (QED) is 0.360. The number of hydrogen-bond acceptors (Lipinski definition) is 6. The minimum absolute atomic E-state index is 0.0170. The third kappa shape index (κ3) is 3.17. The first-order valence-corrected chi connectivity index (χ1v) is 10.5. The predicted octanol–water partition coefficient (Wildman–Crippen LogP) is 5.76. The molecule has 2 aromatic carbocycles. The number of ether oxygens (including phenoxy) is 1. The number of fused-ring (bicyclic) bond motifs is 3. The van der Waals surface area contributed by atoms with Gasteiger partial charge in [0.25, 0.3) is 5.69 Å². The molecule has 0 saturated heterocycles. The van der Waals surface area contributed by atoms with Gasteiger partial charge in [-0.3, -0.25) is 10.1 Å². The molecule has 7 nitrogen and oxygen atoms in total. The predicted molar refractivity (Wildman–Crippen MR) is 114 cm³/mol. The molecule has 2 aliphatic rings. The van der Waals surface area contributed by atoms with E-state index in [0.29, 0.717) is 6.42 Å². The van der Waals surface area contributed by atoms with Crippen molar-refractivity contribution in [2.75, 3.05) is 0 Å². The molecule has 3 heterocycles. The lowest BCUT2D eigenvalue weighted by atomic mass is 9.97. The third-order valence-corrected chi connectivity index (χ3v) is 5.93. The van der Waals surface area contributed by atoms with E-state index in [9.17, 15) is 10.1 Å². The molecule has 0 fully saturated rings. The zero-order valence-corrected chi connectivity index (χ0v) is 17.7. The monoisotopic (exact) mass is 467 g/mol. The van der Waals surface area contributed by atoms with Crippen LogP contribution < -0.4 is 4.74 Å². The Labute approximate surface area is 181 Å². The van der Waals surface area contributed by atoms with Crippen LogP contribution in [0.3, 0.4) is 0 Å². The molecule has 0 aliphatic carbocycles. The molecule has 0 bridgehead atoms. The zero-order valence-electron chi connectivity index (χ0n) is 16.1. The number of hydrogen-bond donors (Lipinski definition) is 0. The molecule has 0 radical (unpaired) electrons. The van der Waals surface area contributed by atoms with Crippen LogP contribution in [0, 0.1) is 10.1 Å². The summed E-state index contributed by atoms with van der Waals surface area (Å²) in [6.07, 6.45) is 1.03. The van der Waals surface area contributed by atoms with E-state index < -0.39 is 11.2 Å². The lowest BCUT2D eigenvalue weighted by Gasteiger charge is -2.38. The number of hydrazone groups is 1. The maximum absolute atomic E-state index is 11.0. The van der Waals surface area contributed by atoms with Crippen molar-refractivity contribution in [3.05, 3.63) is 91.8 Å². The Morgan fingerprint density at radius 1 is 1.20 bits per heavy atom. The first kappa shape index (κ1) is 18.9. The first-order chi connectivity index (χ1) is 14.5. The summed E-state index contributed by atoms with van der Waals surface area (Å²) in [6, 6.07) is 16.3. The van der Waals surface area contributed by atoms with Crippen molar-refractivity contribution in [1.82, 2.24) is 5.01 Å². The topological polar surface area (TPSA) is 81.1 Å². The maximum atomic E-state index is 11.0. The van der Waals surface area contributed by atoms with E-state index in [4.69, 9.17) is 14.3 Å². The van der Waals surface area contributed by atoms with E-state index in [1.54, 1.807) is 12.1 Å². The number of aryl methyl sites for hydroxylation is 1. The van der Waals surface area contributed by atoms with Gasteiger partial charge in [-0.1, -0.05) is 22.9 Å². The summed E-state index contributed by atoms with van der Waals surface area (Å²) in [4.78, 5) is 10.6. The summed E-state index contributed by atoms with van der Waals surface area (Å²) in [5.41, 5.74) is 2.76. The number of furan rings is 1. The third-order valence-electron chi connectivity index (χ3n) is 5.44. The fourth-order valence-corrected chi connectivity index (χ4v) is 4.29. The van der Waals surface area contributed by atoms with Crippen molar-refractivity contribution in [2.45, 2.75) is 32.0 Å². The van der Waals surface area contributed by atoms with Gasteiger partial charge < -0.3 is 9.15 Å². The highest BCUT2D eigenvalue weighted by molar-refractivity contribution is 9.10. The van der Waals surface area contributed by atoms with Gasteiger partial charge in [-0.05, 0) is 42.5 Å². The molecule has 0 amide bonds. The molecule has 0 N–H and O–H groups in total. The van der Waals surface area contributed by atoms with Crippen LogP contribution in [-0.4, -0.2) is 15.6 Å². The number of nitro groups is 1. The van der Waals surface area contributed by atoms with Gasteiger partial charge >= 0.3 is 0 Å². The normalized spacial score (nSPS) is 19.7. The van der Waals surface area contributed by atoms with E-state index in [2.05, 4.69) is 28.9 Å². The van der Waals surface area contributed by atoms with Gasteiger partial charge in [0.2, 0.25) is 6.23 Å². The minimum atomic E-state index is -0.484. The number of halogens is 1. The van der Waals surface area contributed by atoms with Crippen molar-refractivity contribution < 1.29 is 14.1 Å². The molecular formula is C22H18BrN3O4.